The van der Waals surface area contributed by atoms with E-state index >= 15 is 0 Å². The summed E-state index contributed by atoms with van der Waals surface area (Å²) >= 11 is 0. The lowest BCUT2D eigenvalue weighted by atomic mass is 10.1. The van der Waals surface area contributed by atoms with Gasteiger partial charge in [-0.2, -0.15) is 5.10 Å². The molecule has 7 nitrogen and oxygen atoms in total. The molecule has 1 aromatic rings. The zero-order valence-corrected chi connectivity index (χ0v) is 10.5. The number of amides is 1. The van der Waals surface area contributed by atoms with E-state index in [2.05, 4.69) is 20.5 Å². The number of carbonyl (C=O) groups is 1. The number of carbonyl (C=O) groups excluding carboxylic acids is 1. The Kier molecular flexibility index (Phi) is 4.27. The van der Waals surface area contributed by atoms with Gasteiger partial charge in [-0.25, -0.2) is 4.98 Å². The van der Waals surface area contributed by atoms with Gasteiger partial charge in [0.15, 0.2) is 5.82 Å². The van der Waals surface area contributed by atoms with E-state index in [1.807, 2.05) is 11.8 Å². The molecule has 0 radical (unpaired) electrons. The van der Waals surface area contributed by atoms with Crippen molar-refractivity contribution in [3.63, 3.8) is 0 Å². The lowest BCUT2D eigenvalue weighted by Gasteiger charge is -2.29. The molecule has 0 aliphatic carbocycles. The molecule has 3 N–H and O–H groups in total. The minimum Gasteiger partial charge on any atom is -0.392 e. The van der Waals surface area contributed by atoms with Crippen LogP contribution in [0.3, 0.4) is 0 Å². The first-order valence-electron chi connectivity index (χ1n) is 6.18. The van der Waals surface area contributed by atoms with E-state index < -0.39 is 0 Å². The Bertz CT molecular complexity index is 406. The molecule has 0 spiro atoms. The summed E-state index contributed by atoms with van der Waals surface area (Å²) in [5.74, 6) is 1.25. The van der Waals surface area contributed by atoms with E-state index in [0.717, 1.165) is 25.2 Å². The number of aryl methyl sites for hydroxylation is 1. The molecule has 2 rings (SSSR count). The number of piperidine rings is 1. The van der Waals surface area contributed by atoms with Gasteiger partial charge >= 0.3 is 0 Å². The summed E-state index contributed by atoms with van der Waals surface area (Å²) in [6.07, 6.45) is 1.46. The van der Waals surface area contributed by atoms with Crippen LogP contribution < -0.4 is 5.32 Å². The Morgan fingerprint density at radius 1 is 1.67 bits per heavy atom. The van der Waals surface area contributed by atoms with Crippen molar-refractivity contribution in [2.45, 2.75) is 32.4 Å². The topological polar surface area (TPSA) is 94.1 Å². The van der Waals surface area contributed by atoms with Crippen molar-refractivity contribution in [3.05, 3.63) is 11.6 Å². The number of nitrogens with zero attached hydrogens (tertiary/aromatic N) is 3. The van der Waals surface area contributed by atoms with Crippen LogP contribution >= 0.6 is 0 Å². The first-order valence-corrected chi connectivity index (χ1v) is 6.18. The molecule has 0 saturated carbocycles. The van der Waals surface area contributed by atoms with Gasteiger partial charge in [0, 0.05) is 6.54 Å². The normalized spacial score (nSPS) is 20.9. The van der Waals surface area contributed by atoms with Crippen LogP contribution in [-0.2, 0) is 11.3 Å². The van der Waals surface area contributed by atoms with E-state index in [-0.39, 0.29) is 12.0 Å². The predicted molar refractivity (Wildman–Crippen MR) is 64.6 cm³/mol. The molecule has 1 aliphatic heterocycles. The van der Waals surface area contributed by atoms with Crippen LogP contribution in [0.5, 0.6) is 0 Å². The molecule has 2 heterocycles. The van der Waals surface area contributed by atoms with Crippen molar-refractivity contribution >= 4 is 5.91 Å². The zero-order valence-electron chi connectivity index (χ0n) is 10.5. The number of β-amino-alcohol motifs (C(OH)–C–C–N with tert-alkyl or cyclic N) is 1. The van der Waals surface area contributed by atoms with Crippen LogP contribution in [0.25, 0.3) is 0 Å². The third kappa shape index (κ3) is 3.78. The molecule has 7 heteroatoms. The Morgan fingerprint density at radius 2 is 2.50 bits per heavy atom. The molecule has 1 saturated heterocycles. The molecule has 18 heavy (non-hydrogen) atoms. The molecule has 1 aromatic heterocycles. The first kappa shape index (κ1) is 13.0. The van der Waals surface area contributed by atoms with Gasteiger partial charge in [0.2, 0.25) is 5.91 Å². The van der Waals surface area contributed by atoms with E-state index in [9.17, 15) is 9.90 Å². The summed E-state index contributed by atoms with van der Waals surface area (Å²) < 4.78 is 0. The molecule has 0 bridgehead atoms. The van der Waals surface area contributed by atoms with Crippen LogP contribution in [0.1, 0.15) is 24.5 Å². The van der Waals surface area contributed by atoms with Crippen molar-refractivity contribution in [3.8, 4) is 0 Å². The van der Waals surface area contributed by atoms with Gasteiger partial charge in [0.25, 0.3) is 0 Å². The van der Waals surface area contributed by atoms with Crippen molar-refractivity contribution in [2.75, 3.05) is 19.6 Å². The number of aliphatic hydroxyl groups is 1. The Labute approximate surface area is 106 Å². The van der Waals surface area contributed by atoms with Gasteiger partial charge in [0.1, 0.15) is 5.82 Å². The highest BCUT2D eigenvalue weighted by Gasteiger charge is 2.19. The van der Waals surface area contributed by atoms with Crippen molar-refractivity contribution < 1.29 is 9.90 Å². The standard InChI is InChI=1S/C11H19N5O2/c1-8-13-10(15-14-8)5-12-11(18)7-16-4-2-3-9(17)6-16/h9,17H,2-7H2,1H3,(H,12,18)(H,13,14,15)/t9-/m0/s1. The molecule has 0 aromatic carbocycles. The van der Waals surface area contributed by atoms with Crippen LogP contribution in [0.15, 0.2) is 0 Å². The Balaban J connectivity index is 1.71. The van der Waals surface area contributed by atoms with Gasteiger partial charge in [-0.1, -0.05) is 0 Å². The van der Waals surface area contributed by atoms with Gasteiger partial charge in [0.05, 0.1) is 19.2 Å². The van der Waals surface area contributed by atoms with Crippen LogP contribution in [-0.4, -0.2) is 56.8 Å². The second-order valence-corrected chi connectivity index (χ2v) is 4.64. The number of hydrogen-bond acceptors (Lipinski definition) is 5. The van der Waals surface area contributed by atoms with E-state index in [1.54, 1.807) is 0 Å². The van der Waals surface area contributed by atoms with Crippen LogP contribution in [0.2, 0.25) is 0 Å². The largest absolute Gasteiger partial charge is 0.392 e. The highest BCUT2D eigenvalue weighted by atomic mass is 16.3. The van der Waals surface area contributed by atoms with Crippen LogP contribution in [0, 0.1) is 6.92 Å². The number of H-pyrrole nitrogens is 1. The maximum Gasteiger partial charge on any atom is 0.234 e. The number of rotatable bonds is 4. The first-order chi connectivity index (χ1) is 8.63. The van der Waals surface area contributed by atoms with Gasteiger partial charge in [-0.05, 0) is 26.3 Å². The van der Waals surface area contributed by atoms with Crippen molar-refractivity contribution in [1.82, 2.24) is 25.4 Å². The molecule has 1 atom stereocenters. The molecular formula is C11H19N5O2. The molecule has 1 aliphatic rings. The fourth-order valence-electron chi connectivity index (χ4n) is 2.08. The number of hydrogen-bond donors (Lipinski definition) is 3. The maximum absolute atomic E-state index is 11.7. The molecule has 0 unspecified atom stereocenters. The van der Waals surface area contributed by atoms with E-state index in [1.165, 1.54) is 0 Å². The highest BCUT2D eigenvalue weighted by molar-refractivity contribution is 5.77. The number of aliphatic hydroxyl groups excluding tert-OH is 1. The van der Waals surface area contributed by atoms with E-state index in [0.29, 0.717) is 25.5 Å². The number of aromatic amines is 1. The predicted octanol–water partition coefficient (Wildman–Crippen LogP) is -0.814. The summed E-state index contributed by atoms with van der Waals surface area (Å²) in [7, 11) is 0. The minimum absolute atomic E-state index is 0.0634. The highest BCUT2D eigenvalue weighted by Crippen LogP contribution is 2.08. The SMILES string of the molecule is Cc1nc(CNC(=O)CN2CCC[C@H](O)C2)n[nH]1. The van der Waals surface area contributed by atoms with Crippen LogP contribution in [0.4, 0.5) is 0 Å². The second kappa shape index (κ2) is 5.92. The second-order valence-electron chi connectivity index (χ2n) is 4.64. The quantitative estimate of drug-likeness (QED) is 0.652. The molecule has 1 fully saturated rings. The monoisotopic (exact) mass is 253 g/mol. The maximum atomic E-state index is 11.7. The zero-order chi connectivity index (χ0) is 13.0. The number of aromatic nitrogens is 3. The smallest absolute Gasteiger partial charge is 0.234 e. The fourth-order valence-corrected chi connectivity index (χ4v) is 2.08. The number of nitrogens with one attached hydrogen (secondary N) is 2. The third-order valence-electron chi connectivity index (χ3n) is 2.94. The third-order valence-corrected chi connectivity index (χ3v) is 2.94. The summed E-state index contributed by atoms with van der Waals surface area (Å²) in [6, 6.07) is 0. The van der Waals surface area contributed by atoms with E-state index in [4.69, 9.17) is 0 Å². The average Bonchev–Trinajstić information content (AvgIpc) is 2.73. The number of likely N-dealkylation sites (tertiary alicyclic amines) is 1. The summed E-state index contributed by atoms with van der Waals surface area (Å²) in [5, 5.41) is 18.9. The average molecular weight is 253 g/mol. The van der Waals surface area contributed by atoms with Gasteiger partial charge in [-0.15, -0.1) is 0 Å². The Hall–Kier alpha value is -1.47. The Morgan fingerprint density at radius 3 is 3.17 bits per heavy atom. The summed E-state index contributed by atoms with van der Waals surface area (Å²) in [4.78, 5) is 17.8. The molecule has 100 valence electrons. The van der Waals surface area contributed by atoms with Crippen molar-refractivity contribution in [1.29, 1.82) is 0 Å². The summed E-state index contributed by atoms with van der Waals surface area (Å²) in [5.41, 5.74) is 0. The fraction of sp³-hybridized carbons (Fsp3) is 0.727. The lowest BCUT2D eigenvalue weighted by Crippen LogP contribution is -2.44. The molecular weight excluding hydrogens is 234 g/mol. The van der Waals surface area contributed by atoms with Gasteiger partial charge in [-0.3, -0.25) is 14.8 Å². The lowest BCUT2D eigenvalue weighted by molar-refractivity contribution is -0.123. The summed E-state index contributed by atoms with van der Waals surface area (Å²) in [6.45, 7) is 3.91. The van der Waals surface area contributed by atoms with Crippen molar-refractivity contribution in [2.24, 2.45) is 0 Å². The molecule has 1 amide bonds. The minimum atomic E-state index is -0.304. The van der Waals surface area contributed by atoms with Gasteiger partial charge < -0.3 is 10.4 Å².